The molecule has 1 aliphatic rings. The molecule has 1 aliphatic heterocycles. The Kier molecular flexibility index (Phi) is 12.5. The lowest BCUT2D eigenvalue weighted by Crippen LogP contribution is -2.41. The van der Waals surface area contributed by atoms with E-state index < -0.39 is 42.1 Å². The molecule has 0 radical (unpaired) electrons. The number of benzene rings is 2. The number of rotatable bonds is 8. The van der Waals surface area contributed by atoms with Gasteiger partial charge in [-0.1, -0.05) is 15.9 Å². The van der Waals surface area contributed by atoms with E-state index in [1.807, 2.05) is 18.2 Å². The van der Waals surface area contributed by atoms with Gasteiger partial charge in [-0.25, -0.2) is 14.2 Å². The standard InChI is InChI=1S/C24H24BrFIN7O4.C2HF3O2/c1-38-22(36)7-18(12-2-14(25)6-16(27)3-12)32-21(35)11-28-23(37)13-4-19(17-10-31-34-20(17)5-13)33-24-29-8-15(26)9-30-24;3-2(4,5)1(6)7/h2-6,10,15,18H,7-9,11H2,1H3,(H,28,37)(H,31,34)(H,32,35)(H2,29,30,33);(H,6,7)/t18-;/m0./s1. The molecule has 0 spiro atoms. The number of carbonyl (C=O) groups excluding carboxylic acids is 3. The number of ether oxygens (including phenoxy) is 1. The van der Waals surface area contributed by atoms with Crippen LogP contribution in [0.15, 0.2) is 46.0 Å². The van der Waals surface area contributed by atoms with E-state index in [1.54, 1.807) is 18.3 Å². The average Bonchev–Trinajstić information content (AvgIpc) is 3.45. The van der Waals surface area contributed by atoms with E-state index in [9.17, 15) is 31.9 Å². The number of alkyl halides is 4. The van der Waals surface area contributed by atoms with E-state index in [0.717, 1.165) is 8.04 Å². The SMILES string of the molecule is COC(=O)C[C@H](NC(=O)CNC(=O)c1cc(NC2=NCC(F)CN2)c2cn[nH]c2c1)c1cc(Br)cc(I)c1.O=C(O)C(F)(F)F. The summed E-state index contributed by atoms with van der Waals surface area (Å²) in [5.41, 5.74) is 2.11. The third-order valence-electron chi connectivity index (χ3n) is 5.89. The highest BCUT2D eigenvalue weighted by molar-refractivity contribution is 14.1. The highest BCUT2D eigenvalue weighted by Crippen LogP contribution is 2.26. The number of aliphatic imine (C=N–C) groups is 1. The second-order valence-corrected chi connectivity index (χ2v) is 11.4. The van der Waals surface area contributed by atoms with Crippen molar-refractivity contribution in [1.29, 1.82) is 0 Å². The Hall–Kier alpha value is -4.01. The molecule has 13 nitrogen and oxygen atoms in total. The average molecular weight is 814 g/mol. The number of anilines is 1. The Morgan fingerprint density at radius 1 is 1.20 bits per heavy atom. The second kappa shape index (κ2) is 15.8. The van der Waals surface area contributed by atoms with E-state index in [1.165, 1.54) is 7.11 Å². The third kappa shape index (κ3) is 10.8. The first-order valence-corrected chi connectivity index (χ1v) is 14.6. The van der Waals surface area contributed by atoms with Crippen LogP contribution in [0.1, 0.15) is 28.4 Å². The molecule has 2 atom stereocenters. The van der Waals surface area contributed by atoms with Gasteiger partial charge in [-0.3, -0.25) is 19.5 Å². The van der Waals surface area contributed by atoms with Crippen molar-refractivity contribution in [2.75, 3.05) is 32.1 Å². The summed E-state index contributed by atoms with van der Waals surface area (Å²) in [5, 5.41) is 26.0. The molecule has 3 aromatic rings. The Labute approximate surface area is 274 Å². The lowest BCUT2D eigenvalue weighted by atomic mass is 10.0. The predicted molar refractivity (Wildman–Crippen MR) is 165 cm³/mol. The van der Waals surface area contributed by atoms with Crippen LogP contribution >= 0.6 is 38.5 Å². The Morgan fingerprint density at radius 3 is 2.51 bits per heavy atom. The number of aromatic nitrogens is 2. The maximum Gasteiger partial charge on any atom is 0.490 e. The van der Waals surface area contributed by atoms with Gasteiger partial charge in [0.1, 0.15) is 6.17 Å². The first-order valence-electron chi connectivity index (χ1n) is 12.7. The first kappa shape index (κ1) is 35.5. The molecule has 1 unspecified atom stereocenters. The number of carboxylic acid groups (broad SMARTS) is 1. The van der Waals surface area contributed by atoms with Crippen LogP contribution in [0.25, 0.3) is 10.9 Å². The number of esters is 1. The molecular formula is C26H25BrF4IN7O6. The molecule has 0 saturated heterocycles. The van der Waals surface area contributed by atoms with Crippen molar-refractivity contribution in [1.82, 2.24) is 26.1 Å². The number of hydrogen-bond acceptors (Lipinski definition) is 9. The summed E-state index contributed by atoms with van der Waals surface area (Å²) in [4.78, 5) is 50.7. The lowest BCUT2D eigenvalue weighted by molar-refractivity contribution is -0.192. The van der Waals surface area contributed by atoms with Gasteiger partial charge >= 0.3 is 18.1 Å². The van der Waals surface area contributed by atoms with Crippen LogP contribution in [-0.4, -0.2) is 84.1 Å². The molecule has 0 saturated carbocycles. The summed E-state index contributed by atoms with van der Waals surface area (Å²) >= 11 is 5.57. The molecule has 2 heterocycles. The van der Waals surface area contributed by atoms with Crippen LogP contribution in [0.5, 0.6) is 0 Å². The molecule has 0 aliphatic carbocycles. The highest BCUT2D eigenvalue weighted by Gasteiger charge is 2.38. The van der Waals surface area contributed by atoms with Crippen molar-refractivity contribution in [3.63, 3.8) is 0 Å². The molecule has 2 amide bonds. The van der Waals surface area contributed by atoms with Gasteiger partial charge in [-0.2, -0.15) is 18.3 Å². The van der Waals surface area contributed by atoms with Gasteiger partial charge in [0.05, 0.1) is 56.6 Å². The minimum absolute atomic E-state index is 0.0369. The fraction of sp³-hybridized carbons (Fsp3) is 0.308. The van der Waals surface area contributed by atoms with Gasteiger partial charge in [-0.05, 0) is 58.5 Å². The number of carboxylic acids is 1. The van der Waals surface area contributed by atoms with Gasteiger partial charge in [-0.15, -0.1) is 0 Å². The Balaban J connectivity index is 0.000000707. The van der Waals surface area contributed by atoms with E-state index in [2.05, 4.69) is 75.0 Å². The molecular weight excluding hydrogens is 789 g/mol. The number of methoxy groups -OCH3 is 1. The molecule has 6 N–H and O–H groups in total. The maximum absolute atomic E-state index is 13.4. The Bertz CT molecular complexity index is 1580. The number of hydrogen-bond donors (Lipinski definition) is 6. The van der Waals surface area contributed by atoms with E-state index >= 15 is 0 Å². The normalized spacial score (nSPS) is 15.0. The van der Waals surface area contributed by atoms with E-state index in [0.29, 0.717) is 28.1 Å². The zero-order chi connectivity index (χ0) is 33.3. The molecule has 0 bridgehead atoms. The zero-order valence-corrected chi connectivity index (χ0v) is 26.8. The number of aromatic amines is 1. The van der Waals surface area contributed by atoms with Crippen LogP contribution in [0.3, 0.4) is 0 Å². The maximum atomic E-state index is 13.4. The summed E-state index contributed by atoms with van der Waals surface area (Å²) in [7, 11) is 1.28. The fourth-order valence-corrected chi connectivity index (χ4v) is 5.44. The molecule has 2 aromatic carbocycles. The van der Waals surface area contributed by atoms with Gasteiger partial charge in [0.15, 0.2) is 5.96 Å². The molecule has 45 heavy (non-hydrogen) atoms. The second-order valence-electron chi connectivity index (χ2n) is 9.24. The summed E-state index contributed by atoms with van der Waals surface area (Å²) in [6, 6.07) is 8.11. The lowest BCUT2D eigenvalue weighted by Gasteiger charge is -2.20. The number of guanidine groups is 1. The minimum atomic E-state index is -5.08. The monoisotopic (exact) mass is 813 g/mol. The van der Waals surface area contributed by atoms with Crippen LogP contribution in [0.4, 0.5) is 23.2 Å². The largest absolute Gasteiger partial charge is 0.490 e. The van der Waals surface area contributed by atoms with Gasteiger partial charge in [0.2, 0.25) is 5.91 Å². The number of halogens is 6. The van der Waals surface area contributed by atoms with Crippen molar-refractivity contribution in [2.45, 2.75) is 24.8 Å². The number of amides is 2. The van der Waals surface area contributed by atoms with E-state index in [-0.39, 0.29) is 31.6 Å². The zero-order valence-electron chi connectivity index (χ0n) is 23.1. The number of nitrogens with one attached hydrogen (secondary N) is 5. The smallest absolute Gasteiger partial charge is 0.475 e. The van der Waals surface area contributed by atoms with Crippen molar-refractivity contribution < 1.29 is 46.6 Å². The summed E-state index contributed by atoms with van der Waals surface area (Å²) in [5.74, 6) is -3.83. The number of nitrogens with zero attached hydrogens (tertiary/aromatic N) is 2. The van der Waals surface area contributed by atoms with Crippen molar-refractivity contribution in [3.05, 3.63) is 55.7 Å². The summed E-state index contributed by atoms with van der Waals surface area (Å²) in [6.07, 6.45) is -4.62. The van der Waals surface area contributed by atoms with Crippen LogP contribution < -0.4 is 21.3 Å². The topological polar surface area (TPSA) is 187 Å². The molecule has 19 heteroatoms. The number of H-pyrrole nitrogens is 1. The quantitative estimate of drug-likeness (QED) is 0.113. The van der Waals surface area contributed by atoms with Crippen LogP contribution in [0, 0.1) is 3.57 Å². The fourth-order valence-electron chi connectivity index (χ4n) is 3.80. The first-order chi connectivity index (χ1) is 21.2. The Morgan fingerprint density at radius 2 is 1.91 bits per heavy atom. The van der Waals surface area contributed by atoms with Crippen LogP contribution in [-0.2, 0) is 19.1 Å². The number of carbonyl (C=O) groups is 4. The van der Waals surface area contributed by atoms with E-state index in [4.69, 9.17) is 14.6 Å². The summed E-state index contributed by atoms with van der Waals surface area (Å²) < 4.78 is 51.6. The molecule has 4 rings (SSSR count). The van der Waals surface area contributed by atoms with Crippen molar-refractivity contribution >= 4 is 84.8 Å². The van der Waals surface area contributed by atoms with Crippen LogP contribution in [0.2, 0.25) is 0 Å². The molecule has 0 fully saturated rings. The van der Waals surface area contributed by atoms with Crippen molar-refractivity contribution in [2.24, 2.45) is 4.99 Å². The predicted octanol–water partition coefficient (Wildman–Crippen LogP) is 3.42. The summed E-state index contributed by atoms with van der Waals surface area (Å²) in [6.45, 7) is -0.154. The highest BCUT2D eigenvalue weighted by atomic mass is 127. The van der Waals surface area contributed by atoms with Crippen molar-refractivity contribution in [3.8, 4) is 0 Å². The molecule has 242 valence electrons. The number of aliphatic carboxylic acids is 1. The van der Waals surface area contributed by atoms with Gasteiger partial charge in [0.25, 0.3) is 5.91 Å². The third-order valence-corrected chi connectivity index (χ3v) is 6.97. The molecule has 1 aromatic heterocycles. The van der Waals surface area contributed by atoms with Gasteiger partial charge in [0, 0.05) is 19.0 Å². The van der Waals surface area contributed by atoms with Gasteiger partial charge < -0.3 is 31.1 Å². The number of fused-ring (bicyclic) bond motifs is 1. The minimum Gasteiger partial charge on any atom is -0.475 e.